The van der Waals surface area contributed by atoms with Crippen molar-refractivity contribution in [2.45, 2.75) is 43.1 Å². The van der Waals surface area contributed by atoms with Gasteiger partial charge in [0.25, 0.3) is 5.56 Å². The first-order valence-corrected chi connectivity index (χ1v) is 10.9. The summed E-state index contributed by atoms with van der Waals surface area (Å²) >= 11 is 3.18. The van der Waals surface area contributed by atoms with Gasteiger partial charge >= 0.3 is 0 Å². The lowest BCUT2D eigenvalue weighted by molar-refractivity contribution is 0.183. The third-order valence-electron chi connectivity index (χ3n) is 4.84. The van der Waals surface area contributed by atoms with E-state index in [9.17, 15) is 9.18 Å². The molecule has 0 spiro atoms. The Labute approximate surface area is 165 Å². The van der Waals surface area contributed by atoms with Gasteiger partial charge in [-0.05, 0) is 48.9 Å². The van der Waals surface area contributed by atoms with Crippen LogP contribution in [0.15, 0.2) is 34.2 Å². The third-order valence-corrected chi connectivity index (χ3v) is 7.07. The minimum Gasteiger partial charge on any atom is -0.383 e. The monoisotopic (exact) mass is 404 g/mol. The van der Waals surface area contributed by atoms with Crippen molar-refractivity contribution >= 4 is 33.3 Å². The largest absolute Gasteiger partial charge is 0.383 e. The molecule has 0 N–H and O–H groups in total. The molecule has 142 valence electrons. The minimum atomic E-state index is -0.246. The van der Waals surface area contributed by atoms with Crippen molar-refractivity contribution in [1.82, 2.24) is 9.55 Å². The number of aryl methyl sites for hydroxylation is 2. The average Bonchev–Trinajstić information content (AvgIpc) is 3.05. The highest BCUT2D eigenvalue weighted by atomic mass is 32.2. The number of rotatable bonds is 6. The third kappa shape index (κ3) is 3.81. The molecule has 27 heavy (non-hydrogen) atoms. The fourth-order valence-electron chi connectivity index (χ4n) is 3.44. The van der Waals surface area contributed by atoms with E-state index in [4.69, 9.17) is 9.72 Å². The van der Waals surface area contributed by atoms with E-state index in [0.29, 0.717) is 24.1 Å². The summed E-state index contributed by atoms with van der Waals surface area (Å²) in [6.07, 6.45) is 4.34. The molecule has 0 saturated heterocycles. The normalized spacial score (nSPS) is 13.9. The van der Waals surface area contributed by atoms with Crippen LogP contribution in [0.4, 0.5) is 4.39 Å². The van der Waals surface area contributed by atoms with Crippen molar-refractivity contribution < 1.29 is 9.13 Å². The van der Waals surface area contributed by atoms with Crippen LogP contribution in [0.1, 0.15) is 28.8 Å². The molecule has 2 heterocycles. The molecule has 4 nitrogen and oxygen atoms in total. The molecule has 0 bridgehead atoms. The molecule has 0 atom stereocenters. The van der Waals surface area contributed by atoms with Gasteiger partial charge in [-0.15, -0.1) is 11.3 Å². The smallest absolute Gasteiger partial charge is 0.263 e. The predicted molar refractivity (Wildman–Crippen MR) is 108 cm³/mol. The molecule has 0 fully saturated rings. The maximum absolute atomic E-state index is 13.3. The first kappa shape index (κ1) is 18.7. The molecule has 0 radical (unpaired) electrons. The molecular formula is C20H21FN2O2S2. The Balaban J connectivity index is 1.73. The van der Waals surface area contributed by atoms with Crippen LogP contribution in [-0.4, -0.2) is 23.3 Å². The molecule has 1 aliphatic rings. The van der Waals surface area contributed by atoms with Crippen molar-refractivity contribution in [3.63, 3.8) is 0 Å². The number of fused-ring (bicyclic) bond motifs is 3. The summed E-state index contributed by atoms with van der Waals surface area (Å²) < 4.78 is 20.1. The number of halogens is 1. The summed E-state index contributed by atoms with van der Waals surface area (Å²) in [4.78, 5) is 20.3. The van der Waals surface area contributed by atoms with Crippen LogP contribution < -0.4 is 5.56 Å². The Morgan fingerprint density at radius 2 is 2.04 bits per heavy atom. The minimum absolute atomic E-state index is 0.0399. The van der Waals surface area contributed by atoms with Crippen molar-refractivity contribution in [3.05, 3.63) is 56.4 Å². The van der Waals surface area contributed by atoms with Gasteiger partial charge in [0.1, 0.15) is 10.6 Å². The van der Waals surface area contributed by atoms with E-state index < -0.39 is 0 Å². The van der Waals surface area contributed by atoms with E-state index in [1.807, 2.05) is 0 Å². The van der Waals surface area contributed by atoms with Crippen molar-refractivity contribution in [2.24, 2.45) is 0 Å². The number of hydrogen-bond acceptors (Lipinski definition) is 5. The Hall–Kier alpha value is -1.70. The van der Waals surface area contributed by atoms with Gasteiger partial charge in [-0.3, -0.25) is 9.36 Å². The lowest BCUT2D eigenvalue weighted by Crippen LogP contribution is -2.25. The van der Waals surface area contributed by atoms with Gasteiger partial charge < -0.3 is 4.74 Å². The standard InChI is InChI=1S/C20H21FN2O2S2/c1-25-11-10-23-19(24)17-15-4-2-3-5-16(15)27-18(17)22-20(23)26-12-13-6-8-14(21)9-7-13/h6-9H,2-5,10-12H2,1H3. The SMILES string of the molecule is COCCn1c(SCc2ccc(F)cc2)nc2sc3c(c2c1=O)CCCC3. The Morgan fingerprint density at radius 3 is 2.81 bits per heavy atom. The van der Waals surface area contributed by atoms with Crippen molar-refractivity contribution in [3.8, 4) is 0 Å². The van der Waals surface area contributed by atoms with Gasteiger partial charge in [0.2, 0.25) is 0 Å². The summed E-state index contributed by atoms with van der Waals surface area (Å²) in [7, 11) is 1.63. The number of aromatic nitrogens is 2. The molecular weight excluding hydrogens is 383 g/mol. The number of hydrogen-bond donors (Lipinski definition) is 0. The number of thiophene rings is 1. The molecule has 0 unspecified atom stereocenters. The van der Waals surface area contributed by atoms with Crippen LogP contribution in [0.2, 0.25) is 0 Å². The molecule has 3 aromatic rings. The van der Waals surface area contributed by atoms with Crippen LogP contribution >= 0.6 is 23.1 Å². The molecule has 7 heteroatoms. The highest BCUT2D eigenvalue weighted by Crippen LogP contribution is 2.35. The summed E-state index contributed by atoms with van der Waals surface area (Å²) in [5.74, 6) is 0.389. The maximum Gasteiger partial charge on any atom is 0.263 e. The van der Waals surface area contributed by atoms with E-state index in [2.05, 4.69) is 0 Å². The number of thioether (sulfide) groups is 1. The second-order valence-electron chi connectivity index (χ2n) is 6.65. The van der Waals surface area contributed by atoms with Gasteiger partial charge in [-0.2, -0.15) is 0 Å². The zero-order valence-corrected chi connectivity index (χ0v) is 16.8. The predicted octanol–water partition coefficient (Wildman–Crippen LogP) is 4.41. The van der Waals surface area contributed by atoms with E-state index in [0.717, 1.165) is 35.0 Å². The van der Waals surface area contributed by atoms with Gasteiger partial charge in [0.15, 0.2) is 5.16 Å². The van der Waals surface area contributed by atoms with E-state index in [-0.39, 0.29) is 11.4 Å². The van der Waals surface area contributed by atoms with E-state index >= 15 is 0 Å². The topological polar surface area (TPSA) is 44.1 Å². The van der Waals surface area contributed by atoms with E-state index in [1.54, 1.807) is 35.1 Å². The van der Waals surface area contributed by atoms with Crippen LogP contribution in [-0.2, 0) is 29.9 Å². The molecule has 0 amide bonds. The first-order valence-electron chi connectivity index (χ1n) is 9.08. The highest BCUT2D eigenvalue weighted by molar-refractivity contribution is 7.98. The fraction of sp³-hybridized carbons (Fsp3) is 0.400. The zero-order valence-electron chi connectivity index (χ0n) is 15.2. The second kappa shape index (κ2) is 8.12. The van der Waals surface area contributed by atoms with Crippen molar-refractivity contribution in [1.29, 1.82) is 0 Å². The Bertz CT molecular complexity index is 1010. The second-order valence-corrected chi connectivity index (χ2v) is 8.68. The van der Waals surface area contributed by atoms with Gasteiger partial charge in [0.05, 0.1) is 18.5 Å². The highest BCUT2D eigenvalue weighted by Gasteiger charge is 2.22. The maximum atomic E-state index is 13.3. The summed E-state index contributed by atoms with van der Waals surface area (Å²) in [6, 6.07) is 6.44. The quantitative estimate of drug-likeness (QED) is 0.451. The van der Waals surface area contributed by atoms with Crippen LogP contribution in [0.25, 0.3) is 10.2 Å². The molecule has 1 aliphatic carbocycles. The van der Waals surface area contributed by atoms with Gasteiger partial charge in [0, 0.05) is 17.7 Å². The van der Waals surface area contributed by atoms with Crippen LogP contribution in [0, 0.1) is 5.82 Å². The molecule has 1 aromatic carbocycles. The molecule has 0 saturated carbocycles. The number of nitrogens with zero attached hydrogens (tertiary/aromatic N) is 2. The number of ether oxygens (including phenoxy) is 1. The molecule has 0 aliphatic heterocycles. The number of methoxy groups -OCH3 is 1. The number of benzene rings is 1. The van der Waals surface area contributed by atoms with Crippen LogP contribution in [0.5, 0.6) is 0 Å². The fourth-order valence-corrected chi connectivity index (χ4v) is 5.72. The molecule has 2 aromatic heterocycles. The van der Waals surface area contributed by atoms with Crippen LogP contribution in [0.3, 0.4) is 0 Å². The van der Waals surface area contributed by atoms with E-state index in [1.165, 1.54) is 40.8 Å². The molecule has 4 rings (SSSR count). The summed E-state index contributed by atoms with van der Waals surface area (Å²) in [5, 5.41) is 1.50. The summed E-state index contributed by atoms with van der Waals surface area (Å²) in [5.41, 5.74) is 2.25. The van der Waals surface area contributed by atoms with Crippen molar-refractivity contribution in [2.75, 3.05) is 13.7 Å². The summed E-state index contributed by atoms with van der Waals surface area (Å²) in [6.45, 7) is 0.943. The Kier molecular flexibility index (Phi) is 5.61. The Morgan fingerprint density at radius 1 is 1.26 bits per heavy atom. The lowest BCUT2D eigenvalue weighted by atomic mass is 9.97. The first-order chi connectivity index (χ1) is 13.2. The lowest BCUT2D eigenvalue weighted by Gasteiger charge is -2.13. The van der Waals surface area contributed by atoms with Gasteiger partial charge in [-0.1, -0.05) is 23.9 Å². The zero-order chi connectivity index (χ0) is 18.8. The van der Waals surface area contributed by atoms with Gasteiger partial charge in [-0.25, -0.2) is 9.37 Å². The average molecular weight is 405 g/mol.